The summed E-state index contributed by atoms with van der Waals surface area (Å²) in [7, 11) is -1.67. The largest absolute Gasteiger partial charge is 0.353 e. The van der Waals surface area contributed by atoms with Gasteiger partial charge in [-0.2, -0.15) is 17.0 Å². The van der Waals surface area contributed by atoms with Crippen LogP contribution in [0, 0.1) is 5.92 Å². The van der Waals surface area contributed by atoms with E-state index in [1.54, 1.807) is 22.0 Å². The van der Waals surface area contributed by atoms with Crippen molar-refractivity contribution in [2.45, 2.75) is 37.6 Å². The third-order valence-corrected chi connectivity index (χ3v) is 8.52. The molecule has 1 aliphatic heterocycles. The molecule has 5 rings (SSSR count). The highest BCUT2D eigenvalue weighted by molar-refractivity contribution is 7.86. The van der Waals surface area contributed by atoms with Crippen molar-refractivity contribution in [2.75, 3.05) is 38.1 Å². The molecule has 0 aromatic carbocycles. The van der Waals surface area contributed by atoms with Gasteiger partial charge < -0.3 is 9.88 Å². The monoisotopic (exact) mass is 390 g/mol. The maximum atomic E-state index is 13.2. The van der Waals surface area contributed by atoms with Crippen LogP contribution < -0.4 is 4.90 Å². The van der Waals surface area contributed by atoms with Crippen LogP contribution in [-0.2, 0) is 10.2 Å². The fraction of sp³-hybridized carbons (Fsp3) is 0.667. The predicted molar refractivity (Wildman–Crippen MR) is 104 cm³/mol. The van der Waals surface area contributed by atoms with Crippen molar-refractivity contribution in [2.24, 2.45) is 5.92 Å². The van der Waals surface area contributed by atoms with Crippen LogP contribution in [-0.4, -0.2) is 70.7 Å². The SMILES string of the molecule is CN(CC1CCC1)S(=O)(=O)N1CCN(c2ncnc3[nH]ccc23)CC12CC2. The lowest BCUT2D eigenvalue weighted by Crippen LogP contribution is -2.60. The number of fused-ring (bicyclic) bond motifs is 1. The van der Waals surface area contributed by atoms with Gasteiger partial charge in [-0.15, -0.1) is 0 Å². The van der Waals surface area contributed by atoms with Crippen LogP contribution >= 0.6 is 0 Å². The molecule has 0 bridgehead atoms. The first kappa shape index (κ1) is 17.4. The maximum Gasteiger partial charge on any atom is 0.282 e. The molecule has 0 atom stereocenters. The topological polar surface area (TPSA) is 85.4 Å². The molecule has 27 heavy (non-hydrogen) atoms. The van der Waals surface area contributed by atoms with Crippen LogP contribution in [0.3, 0.4) is 0 Å². The number of H-pyrrole nitrogens is 1. The standard InChI is InChI=1S/C18H26N6O2S/c1-22(11-14-3-2-4-14)27(25,26)24-10-9-23(12-18(24)6-7-18)17-15-5-8-19-16(15)20-13-21-17/h5,8,13-14H,2-4,6-7,9-12H2,1H3,(H,19,20,21). The Morgan fingerprint density at radius 3 is 2.81 bits per heavy atom. The molecule has 1 N–H and O–H groups in total. The molecule has 1 spiro atoms. The third-order valence-electron chi connectivity index (χ3n) is 6.46. The van der Waals surface area contributed by atoms with E-state index in [0.29, 0.717) is 32.1 Å². The normalized spacial score (nSPS) is 23.3. The van der Waals surface area contributed by atoms with Gasteiger partial charge in [-0.1, -0.05) is 6.42 Å². The summed E-state index contributed by atoms with van der Waals surface area (Å²) in [6.45, 7) is 2.50. The average molecular weight is 391 g/mol. The van der Waals surface area contributed by atoms with Crippen molar-refractivity contribution in [3.63, 3.8) is 0 Å². The van der Waals surface area contributed by atoms with Crippen LogP contribution in [0.2, 0.25) is 0 Å². The Bertz CT molecular complexity index is 950. The van der Waals surface area contributed by atoms with Gasteiger partial charge >= 0.3 is 0 Å². The number of nitrogens with zero attached hydrogens (tertiary/aromatic N) is 5. The van der Waals surface area contributed by atoms with Gasteiger partial charge in [0.15, 0.2) is 0 Å². The number of aromatic nitrogens is 3. The molecular formula is C18H26N6O2S. The molecule has 9 heteroatoms. The van der Waals surface area contributed by atoms with Gasteiger partial charge in [0.2, 0.25) is 0 Å². The van der Waals surface area contributed by atoms with Crippen LogP contribution in [0.4, 0.5) is 5.82 Å². The van der Waals surface area contributed by atoms with E-state index < -0.39 is 10.2 Å². The van der Waals surface area contributed by atoms with E-state index in [-0.39, 0.29) is 5.54 Å². The van der Waals surface area contributed by atoms with Gasteiger partial charge in [-0.25, -0.2) is 9.97 Å². The van der Waals surface area contributed by atoms with E-state index in [9.17, 15) is 8.42 Å². The number of hydrogen-bond acceptors (Lipinski definition) is 5. The summed E-state index contributed by atoms with van der Waals surface area (Å²) in [6.07, 6.45) is 8.81. The zero-order valence-corrected chi connectivity index (χ0v) is 16.5. The van der Waals surface area contributed by atoms with Crippen molar-refractivity contribution in [1.29, 1.82) is 0 Å². The molecular weight excluding hydrogens is 364 g/mol. The average Bonchev–Trinajstić information content (AvgIpc) is 3.19. The Morgan fingerprint density at radius 1 is 1.30 bits per heavy atom. The summed E-state index contributed by atoms with van der Waals surface area (Å²) in [6, 6.07) is 1.99. The van der Waals surface area contributed by atoms with Gasteiger partial charge in [0.1, 0.15) is 17.8 Å². The second-order valence-corrected chi connectivity index (χ2v) is 10.2. The number of anilines is 1. The Hall–Kier alpha value is -1.71. The van der Waals surface area contributed by atoms with E-state index >= 15 is 0 Å². The zero-order valence-electron chi connectivity index (χ0n) is 15.6. The maximum absolute atomic E-state index is 13.2. The Morgan fingerprint density at radius 2 is 2.11 bits per heavy atom. The van der Waals surface area contributed by atoms with Crippen molar-refractivity contribution >= 4 is 27.1 Å². The van der Waals surface area contributed by atoms with Crippen LogP contribution in [0.1, 0.15) is 32.1 Å². The molecule has 3 heterocycles. The molecule has 146 valence electrons. The van der Waals surface area contributed by atoms with Crippen molar-refractivity contribution in [3.8, 4) is 0 Å². The van der Waals surface area contributed by atoms with E-state index in [0.717, 1.165) is 42.5 Å². The molecule has 8 nitrogen and oxygen atoms in total. The second kappa shape index (κ2) is 6.15. The first-order valence-corrected chi connectivity index (χ1v) is 11.2. The highest BCUT2D eigenvalue weighted by Gasteiger charge is 2.56. The summed E-state index contributed by atoms with van der Waals surface area (Å²) in [4.78, 5) is 14.1. The quantitative estimate of drug-likeness (QED) is 0.838. The Balaban J connectivity index is 1.37. The Kier molecular flexibility index (Phi) is 3.96. The van der Waals surface area contributed by atoms with Gasteiger partial charge in [0.05, 0.1) is 10.9 Å². The number of nitrogens with one attached hydrogen (secondary N) is 1. The van der Waals surface area contributed by atoms with E-state index in [2.05, 4.69) is 19.9 Å². The highest BCUT2D eigenvalue weighted by Crippen LogP contribution is 2.47. The molecule has 1 saturated heterocycles. The minimum Gasteiger partial charge on any atom is -0.353 e. The zero-order chi connectivity index (χ0) is 18.6. The molecule has 2 aromatic rings. The highest BCUT2D eigenvalue weighted by atomic mass is 32.2. The molecule has 3 aliphatic rings. The molecule has 2 aliphatic carbocycles. The fourth-order valence-corrected chi connectivity index (χ4v) is 6.24. The molecule has 0 unspecified atom stereocenters. The number of piperazine rings is 1. The van der Waals surface area contributed by atoms with E-state index in [1.807, 2.05) is 12.3 Å². The fourth-order valence-electron chi connectivity index (χ4n) is 4.47. The van der Waals surface area contributed by atoms with Gasteiger partial charge in [-0.05, 0) is 37.7 Å². The molecule has 0 radical (unpaired) electrons. The minimum absolute atomic E-state index is 0.279. The van der Waals surface area contributed by atoms with Crippen LogP contribution in [0.15, 0.2) is 18.6 Å². The van der Waals surface area contributed by atoms with E-state index in [4.69, 9.17) is 0 Å². The second-order valence-electron chi connectivity index (χ2n) is 8.24. The van der Waals surface area contributed by atoms with Crippen LogP contribution in [0.25, 0.3) is 11.0 Å². The summed E-state index contributed by atoms with van der Waals surface area (Å²) in [5.74, 6) is 1.43. The first-order valence-electron chi connectivity index (χ1n) is 9.77. The summed E-state index contributed by atoms with van der Waals surface area (Å²) in [5, 5.41) is 0.992. The first-order chi connectivity index (χ1) is 13.0. The van der Waals surface area contributed by atoms with E-state index in [1.165, 1.54) is 6.42 Å². The smallest absolute Gasteiger partial charge is 0.282 e. The van der Waals surface area contributed by atoms with Crippen molar-refractivity contribution in [3.05, 3.63) is 18.6 Å². The molecule has 3 fully saturated rings. The van der Waals surface area contributed by atoms with Crippen molar-refractivity contribution < 1.29 is 8.42 Å². The molecule has 2 aromatic heterocycles. The van der Waals surface area contributed by atoms with Crippen LogP contribution in [0.5, 0.6) is 0 Å². The minimum atomic E-state index is -3.41. The molecule has 2 saturated carbocycles. The summed E-state index contributed by atoms with van der Waals surface area (Å²) >= 11 is 0. The molecule has 0 amide bonds. The number of rotatable bonds is 5. The lowest BCUT2D eigenvalue weighted by Gasteiger charge is -2.43. The van der Waals surface area contributed by atoms with Crippen molar-refractivity contribution in [1.82, 2.24) is 23.6 Å². The van der Waals surface area contributed by atoms with Gasteiger partial charge in [0.25, 0.3) is 10.2 Å². The lowest BCUT2D eigenvalue weighted by atomic mass is 9.86. The van der Waals surface area contributed by atoms with Gasteiger partial charge in [0, 0.05) is 39.4 Å². The Labute approximate surface area is 159 Å². The summed E-state index contributed by atoms with van der Waals surface area (Å²) < 4.78 is 29.8. The lowest BCUT2D eigenvalue weighted by molar-refractivity contribution is 0.223. The third kappa shape index (κ3) is 2.83. The van der Waals surface area contributed by atoms with Gasteiger partial charge in [-0.3, -0.25) is 0 Å². The predicted octanol–water partition coefficient (Wildman–Crippen LogP) is 1.59. The number of hydrogen-bond donors (Lipinski definition) is 1. The summed E-state index contributed by atoms with van der Waals surface area (Å²) in [5.41, 5.74) is 0.540. The number of aromatic amines is 1.